The second-order valence-electron chi connectivity index (χ2n) is 3.64. The van der Waals surface area contributed by atoms with E-state index in [1.54, 1.807) is 13.8 Å². The van der Waals surface area contributed by atoms with Crippen LogP contribution in [0.4, 0.5) is 0 Å². The van der Waals surface area contributed by atoms with Crippen LogP contribution in [0, 0.1) is 5.41 Å². The summed E-state index contributed by atoms with van der Waals surface area (Å²) >= 11 is 0. The van der Waals surface area contributed by atoms with Gasteiger partial charge in [-0.05, 0) is 5.41 Å². The van der Waals surface area contributed by atoms with Gasteiger partial charge in [0.2, 0.25) is 5.91 Å². The number of amides is 1. The van der Waals surface area contributed by atoms with Crippen molar-refractivity contribution in [2.24, 2.45) is 5.41 Å². The Morgan fingerprint density at radius 1 is 1.38 bits per heavy atom. The minimum absolute atomic E-state index is 0.0376. The van der Waals surface area contributed by atoms with Gasteiger partial charge >= 0.3 is 5.97 Å². The predicted molar refractivity (Wildman–Crippen MR) is 45.8 cm³/mol. The standard InChI is InChI=1S/C8H15NO4/c1-8(2,5-7(11)12)4-6(10)9-13-3/h4-5H2,1-3H3,(H,9,10)(H,11,12). The normalized spacial score (nSPS) is 11.0. The van der Waals surface area contributed by atoms with Crippen LogP contribution in [0.25, 0.3) is 0 Å². The van der Waals surface area contributed by atoms with Gasteiger partial charge in [-0.15, -0.1) is 0 Å². The Bertz CT molecular complexity index is 200. The predicted octanol–water partition coefficient (Wildman–Crippen LogP) is 0.555. The number of carbonyl (C=O) groups is 2. The van der Waals surface area contributed by atoms with E-state index >= 15 is 0 Å². The molecule has 0 radical (unpaired) electrons. The van der Waals surface area contributed by atoms with E-state index in [0.29, 0.717) is 0 Å². The molecule has 0 heterocycles. The Balaban J connectivity index is 4.00. The molecule has 0 aliphatic heterocycles. The second kappa shape index (κ2) is 4.81. The third-order valence-corrected chi connectivity index (χ3v) is 1.48. The number of hydrogen-bond donors (Lipinski definition) is 2. The number of hydroxylamine groups is 1. The number of nitrogens with one attached hydrogen (secondary N) is 1. The van der Waals surface area contributed by atoms with Crippen molar-refractivity contribution in [3.05, 3.63) is 0 Å². The molecule has 0 saturated heterocycles. The lowest BCUT2D eigenvalue weighted by molar-refractivity contribution is -0.140. The molecular formula is C8H15NO4. The highest BCUT2D eigenvalue weighted by Crippen LogP contribution is 2.24. The number of carboxylic acid groups (broad SMARTS) is 1. The first-order valence-corrected chi connectivity index (χ1v) is 3.91. The van der Waals surface area contributed by atoms with Crippen molar-refractivity contribution in [3.63, 3.8) is 0 Å². The Morgan fingerprint density at radius 3 is 2.31 bits per heavy atom. The van der Waals surface area contributed by atoms with E-state index in [-0.39, 0.29) is 18.7 Å². The number of aliphatic carboxylic acids is 1. The third kappa shape index (κ3) is 6.10. The fourth-order valence-electron chi connectivity index (χ4n) is 1.06. The molecule has 0 saturated carbocycles. The number of carbonyl (C=O) groups excluding carboxylic acids is 1. The number of hydrogen-bond acceptors (Lipinski definition) is 3. The van der Waals surface area contributed by atoms with Gasteiger partial charge in [0, 0.05) is 6.42 Å². The highest BCUT2D eigenvalue weighted by molar-refractivity contribution is 5.76. The van der Waals surface area contributed by atoms with Crippen LogP contribution in [-0.2, 0) is 14.4 Å². The fraction of sp³-hybridized carbons (Fsp3) is 0.750. The molecule has 0 bridgehead atoms. The molecule has 0 unspecified atom stereocenters. The maximum Gasteiger partial charge on any atom is 0.303 e. The molecule has 13 heavy (non-hydrogen) atoms. The minimum Gasteiger partial charge on any atom is -0.481 e. The Hall–Kier alpha value is -1.10. The van der Waals surface area contributed by atoms with Gasteiger partial charge in [-0.3, -0.25) is 14.4 Å². The highest BCUT2D eigenvalue weighted by atomic mass is 16.6. The molecule has 0 spiro atoms. The molecule has 0 aromatic carbocycles. The summed E-state index contributed by atoms with van der Waals surface area (Å²) < 4.78 is 0. The first-order chi connectivity index (χ1) is 5.87. The summed E-state index contributed by atoms with van der Waals surface area (Å²) in [6, 6.07) is 0. The highest BCUT2D eigenvalue weighted by Gasteiger charge is 2.24. The van der Waals surface area contributed by atoms with Gasteiger partial charge < -0.3 is 5.11 Å². The maximum absolute atomic E-state index is 11.0. The van der Waals surface area contributed by atoms with Crippen LogP contribution >= 0.6 is 0 Å². The zero-order chi connectivity index (χ0) is 10.5. The monoisotopic (exact) mass is 189 g/mol. The Morgan fingerprint density at radius 2 is 1.92 bits per heavy atom. The summed E-state index contributed by atoms with van der Waals surface area (Å²) in [5.41, 5.74) is 1.60. The van der Waals surface area contributed by atoms with Gasteiger partial charge in [0.1, 0.15) is 0 Å². The van der Waals surface area contributed by atoms with Gasteiger partial charge in [-0.25, -0.2) is 5.48 Å². The minimum atomic E-state index is -0.907. The van der Waals surface area contributed by atoms with E-state index in [1.165, 1.54) is 7.11 Å². The van der Waals surface area contributed by atoms with E-state index in [9.17, 15) is 9.59 Å². The number of rotatable bonds is 5. The number of carboxylic acids is 1. The largest absolute Gasteiger partial charge is 0.481 e. The van der Waals surface area contributed by atoms with Crippen molar-refractivity contribution in [3.8, 4) is 0 Å². The van der Waals surface area contributed by atoms with E-state index in [2.05, 4.69) is 10.3 Å². The van der Waals surface area contributed by atoms with Crippen molar-refractivity contribution in [1.82, 2.24) is 5.48 Å². The summed E-state index contributed by atoms with van der Waals surface area (Å²) in [6.07, 6.45) is 0.0945. The van der Waals surface area contributed by atoms with Gasteiger partial charge in [-0.1, -0.05) is 13.8 Å². The molecule has 0 aliphatic rings. The second-order valence-corrected chi connectivity index (χ2v) is 3.64. The van der Waals surface area contributed by atoms with E-state index in [4.69, 9.17) is 5.11 Å². The van der Waals surface area contributed by atoms with Crippen LogP contribution in [0.15, 0.2) is 0 Å². The molecular weight excluding hydrogens is 174 g/mol. The molecule has 2 N–H and O–H groups in total. The molecule has 0 fully saturated rings. The average Bonchev–Trinajstić information content (AvgIpc) is 1.81. The zero-order valence-electron chi connectivity index (χ0n) is 8.09. The summed E-state index contributed by atoms with van der Waals surface area (Å²) in [6.45, 7) is 3.44. The summed E-state index contributed by atoms with van der Waals surface area (Å²) in [5, 5.41) is 8.53. The van der Waals surface area contributed by atoms with Crippen LogP contribution < -0.4 is 5.48 Å². The summed E-state index contributed by atoms with van der Waals surface area (Å²) in [7, 11) is 1.34. The lowest BCUT2D eigenvalue weighted by Crippen LogP contribution is -2.29. The fourth-order valence-corrected chi connectivity index (χ4v) is 1.06. The van der Waals surface area contributed by atoms with E-state index < -0.39 is 11.4 Å². The molecule has 5 heteroatoms. The molecule has 5 nitrogen and oxygen atoms in total. The molecule has 76 valence electrons. The summed E-state index contributed by atoms with van der Waals surface area (Å²) in [5.74, 6) is -1.22. The average molecular weight is 189 g/mol. The van der Waals surface area contributed by atoms with E-state index in [0.717, 1.165) is 0 Å². The van der Waals surface area contributed by atoms with Gasteiger partial charge in [0.05, 0.1) is 13.5 Å². The molecule has 0 aromatic heterocycles. The van der Waals surface area contributed by atoms with Crippen LogP contribution in [0.2, 0.25) is 0 Å². The van der Waals surface area contributed by atoms with Gasteiger partial charge in [-0.2, -0.15) is 0 Å². The van der Waals surface area contributed by atoms with Crippen molar-refractivity contribution >= 4 is 11.9 Å². The van der Waals surface area contributed by atoms with Crippen molar-refractivity contribution < 1.29 is 19.5 Å². The lowest BCUT2D eigenvalue weighted by Gasteiger charge is -2.20. The molecule has 0 atom stereocenters. The van der Waals surface area contributed by atoms with Crippen molar-refractivity contribution in [2.45, 2.75) is 26.7 Å². The van der Waals surface area contributed by atoms with Crippen LogP contribution in [0.3, 0.4) is 0 Å². The van der Waals surface area contributed by atoms with E-state index in [1.807, 2.05) is 0 Å². The maximum atomic E-state index is 11.0. The first-order valence-electron chi connectivity index (χ1n) is 3.91. The summed E-state index contributed by atoms with van der Waals surface area (Å²) in [4.78, 5) is 25.8. The molecule has 0 rings (SSSR count). The first kappa shape index (κ1) is 11.9. The Kier molecular flexibility index (Phi) is 4.40. The van der Waals surface area contributed by atoms with Crippen LogP contribution in [0.1, 0.15) is 26.7 Å². The lowest BCUT2D eigenvalue weighted by atomic mass is 9.85. The molecule has 1 amide bonds. The van der Waals surface area contributed by atoms with Crippen molar-refractivity contribution in [2.75, 3.05) is 7.11 Å². The van der Waals surface area contributed by atoms with Gasteiger partial charge in [0.25, 0.3) is 0 Å². The van der Waals surface area contributed by atoms with Gasteiger partial charge in [0.15, 0.2) is 0 Å². The third-order valence-electron chi connectivity index (χ3n) is 1.48. The quantitative estimate of drug-likeness (QED) is 0.619. The topological polar surface area (TPSA) is 75.6 Å². The molecule has 0 aliphatic carbocycles. The smallest absolute Gasteiger partial charge is 0.303 e. The van der Waals surface area contributed by atoms with Crippen LogP contribution in [0.5, 0.6) is 0 Å². The molecule has 0 aromatic rings. The van der Waals surface area contributed by atoms with Crippen molar-refractivity contribution in [1.29, 1.82) is 0 Å². The SMILES string of the molecule is CONC(=O)CC(C)(C)CC(=O)O. The van der Waals surface area contributed by atoms with Crippen LogP contribution in [-0.4, -0.2) is 24.1 Å². The Labute approximate surface area is 77.0 Å². The zero-order valence-corrected chi connectivity index (χ0v) is 8.09.